The summed E-state index contributed by atoms with van der Waals surface area (Å²) < 4.78 is 43.3. The van der Waals surface area contributed by atoms with Crippen LogP contribution in [0.15, 0.2) is 28.7 Å². The molecule has 1 aliphatic rings. The molecule has 1 atom stereocenters. The second kappa shape index (κ2) is 10.1. The maximum atomic E-state index is 14.1. The van der Waals surface area contributed by atoms with Gasteiger partial charge in [0.15, 0.2) is 0 Å². The van der Waals surface area contributed by atoms with Crippen LogP contribution in [0.1, 0.15) is 22.3 Å². The van der Waals surface area contributed by atoms with Crippen molar-refractivity contribution in [2.24, 2.45) is 0 Å². The van der Waals surface area contributed by atoms with Crippen LogP contribution in [0, 0.1) is 11.6 Å². The van der Waals surface area contributed by atoms with Gasteiger partial charge in [0.2, 0.25) is 5.91 Å². The summed E-state index contributed by atoms with van der Waals surface area (Å²) in [4.78, 5) is 24.6. The number of carbonyl (C=O) groups is 2. The van der Waals surface area contributed by atoms with Gasteiger partial charge in [0.1, 0.15) is 23.1 Å². The summed E-state index contributed by atoms with van der Waals surface area (Å²) in [6, 6.07) is 4.87. The van der Waals surface area contributed by atoms with Crippen LogP contribution in [0.2, 0.25) is 0 Å². The molecule has 0 aromatic heterocycles. The van der Waals surface area contributed by atoms with E-state index in [4.69, 9.17) is 14.2 Å². The molecule has 7 nitrogen and oxygen atoms in total. The van der Waals surface area contributed by atoms with Gasteiger partial charge in [-0.05, 0) is 46.6 Å². The Kier molecular flexibility index (Phi) is 7.45. The zero-order valence-corrected chi connectivity index (χ0v) is 18.5. The Morgan fingerprint density at radius 1 is 1.19 bits per heavy atom. The first-order valence-corrected chi connectivity index (χ1v) is 10.2. The summed E-state index contributed by atoms with van der Waals surface area (Å²) in [5.74, 6) is -2.35. The van der Waals surface area contributed by atoms with E-state index in [-0.39, 0.29) is 33.1 Å². The van der Waals surface area contributed by atoms with Gasteiger partial charge in [0.05, 0.1) is 42.5 Å². The number of rotatable bonds is 8. The fourth-order valence-corrected chi connectivity index (χ4v) is 3.32. The maximum Gasteiger partial charge on any atom is 0.338 e. The van der Waals surface area contributed by atoms with Crippen molar-refractivity contribution in [2.75, 3.05) is 38.0 Å². The minimum atomic E-state index is -0.711. The molecule has 0 saturated carbocycles. The third kappa shape index (κ3) is 5.50. The van der Waals surface area contributed by atoms with Crippen molar-refractivity contribution in [2.45, 2.75) is 18.9 Å². The zero-order chi connectivity index (χ0) is 22.5. The van der Waals surface area contributed by atoms with E-state index >= 15 is 0 Å². The van der Waals surface area contributed by atoms with Crippen LogP contribution >= 0.6 is 15.9 Å². The molecule has 2 N–H and O–H groups in total. The van der Waals surface area contributed by atoms with Crippen molar-refractivity contribution < 1.29 is 32.6 Å². The highest BCUT2D eigenvalue weighted by Gasteiger charge is 2.22. The molecule has 1 unspecified atom stereocenters. The molecule has 3 rings (SSSR count). The van der Waals surface area contributed by atoms with Gasteiger partial charge in [-0.1, -0.05) is 0 Å². The number of hydrogen-bond acceptors (Lipinski definition) is 6. The summed E-state index contributed by atoms with van der Waals surface area (Å²) in [6.45, 7) is 1.12. The molecular weight excluding hydrogens is 478 g/mol. The number of carbonyl (C=O) groups excluding carboxylic acids is 2. The molecular formula is C21H21BrF2N2O5. The van der Waals surface area contributed by atoms with Crippen molar-refractivity contribution in [3.63, 3.8) is 0 Å². The summed E-state index contributed by atoms with van der Waals surface area (Å²) in [5.41, 5.74) is 0.791. The van der Waals surface area contributed by atoms with Gasteiger partial charge >= 0.3 is 5.97 Å². The summed E-state index contributed by atoms with van der Waals surface area (Å²) in [5, 5.41) is 5.80. The lowest BCUT2D eigenvalue weighted by molar-refractivity contribution is -0.115. The quantitative estimate of drug-likeness (QED) is 0.424. The van der Waals surface area contributed by atoms with Gasteiger partial charge in [-0.15, -0.1) is 0 Å². The van der Waals surface area contributed by atoms with Crippen molar-refractivity contribution >= 4 is 39.2 Å². The first-order chi connectivity index (χ1) is 14.8. The van der Waals surface area contributed by atoms with Crippen LogP contribution < -0.4 is 15.4 Å². The Labute approximate surface area is 186 Å². The topological polar surface area (TPSA) is 85.9 Å². The van der Waals surface area contributed by atoms with Gasteiger partial charge in [0, 0.05) is 18.7 Å². The van der Waals surface area contributed by atoms with Crippen LogP contribution in [-0.2, 0) is 20.7 Å². The average molecular weight is 499 g/mol. The highest BCUT2D eigenvalue weighted by atomic mass is 79.9. The first kappa shape index (κ1) is 23.0. The van der Waals surface area contributed by atoms with Gasteiger partial charge in [0.25, 0.3) is 0 Å². The van der Waals surface area contributed by atoms with Crippen LogP contribution in [0.4, 0.5) is 20.2 Å². The van der Waals surface area contributed by atoms with E-state index in [1.165, 1.54) is 26.4 Å². The molecule has 0 spiro atoms. The van der Waals surface area contributed by atoms with Crippen molar-refractivity contribution in [3.8, 4) is 5.75 Å². The monoisotopic (exact) mass is 498 g/mol. The Morgan fingerprint density at radius 2 is 1.94 bits per heavy atom. The van der Waals surface area contributed by atoms with Crippen molar-refractivity contribution in [1.82, 2.24) is 0 Å². The number of nitrogens with one attached hydrogen (secondary N) is 2. The van der Waals surface area contributed by atoms with Gasteiger partial charge in [-0.25, -0.2) is 13.6 Å². The molecule has 0 bridgehead atoms. The zero-order valence-electron chi connectivity index (χ0n) is 16.9. The minimum Gasteiger partial charge on any atom is -0.494 e. The molecule has 2 aromatic rings. The minimum absolute atomic E-state index is 0.0103. The molecule has 1 aliphatic heterocycles. The van der Waals surface area contributed by atoms with Crippen LogP contribution in [0.3, 0.4) is 0 Å². The second-order valence-corrected chi connectivity index (χ2v) is 7.69. The third-order valence-electron chi connectivity index (χ3n) is 4.76. The Balaban J connectivity index is 1.87. The Morgan fingerprint density at radius 3 is 2.55 bits per heavy atom. The standard InChI is InChI=1S/C21H21BrF2N2O5/c1-29-18-7-12(21(28)30-2)6-17(25-10-13-3-4-31-13)20(18)26-19(27)8-11-5-16(24)14(22)9-15(11)23/h5-7,9,13,25H,3-4,8,10H2,1-2H3,(H,26,27). The fourth-order valence-electron chi connectivity index (χ4n) is 3.01. The van der Waals surface area contributed by atoms with Crippen LogP contribution in [0.25, 0.3) is 0 Å². The normalized spacial score (nSPS) is 15.1. The molecule has 1 heterocycles. The molecule has 1 fully saturated rings. The number of hydrogen-bond donors (Lipinski definition) is 2. The highest BCUT2D eigenvalue weighted by Crippen LogP contribution is 2.35. The van der Waals surface area contributed by atoms with E-state index in [0.29, 0.717) is 18.8 Å². The lowest BCUT2D eigenvalue weighted by atomic mass is 10.1. The fraction of sp³-hybridized carbons (Fsp3) is 0.333. The van der Waals surface area contributed by atoms with Gasteiger partial charge < -0.3 is 24.8 Å². The second-order valence-electron chi connectivity index (χ2n) is 6.84. The van der Waals surface area contributed by atoms with Crippen LogP contribution in [0.5, 0.6) is 5.75 Å². The number of methoxy groups -OCH3 is 2. The smallest absolute Gasteiger partial charge is 0.338 e. The molecule has 1 amide bonds. The molecule has 0 radical (unpaired) electrons. The summed E-state index contributed by atoms with van der Waals surface area (Å²) in [7, 11) is 2.64. The highest BCUT2D eigenvalue weighted by molar-refractivity contribution is 9.10. The van der Waals surface area contributed by atoms with E-state index in [2.05, 4.69) is 26.6 Å². The van der Waals surface area contributed by atoms with E-state index in [0.717, 1.165) is 18.6 Å². The van der Waals surface area contributed by atoms with E-state index in [9.17, 15) is 18.4 Å². The molecule has 31 heavy (non-hydrogen) atoms. The van der Waals surface area contributed by atoms with Gasteiger partial charge in [-0.3, -0.25) is 4.79 Å². The largest absolute Gasteiger partial charge is 0.494 e. The summed E-state index contributed by atoms with van der Waals surface area (Å²) >= 11 is 2.90. The molecule has 2 aromatic carbocycles. The molecule has 166 valence electrons. The SMILES string of the molecule is COC(=O)c1cc(NCC2CCO2)c(NC(=O)Cc2cc(F)c(Br)cc2F)c(OC)c1. The molecule has 0 aliphatic carbocycles. The van der Waals surface area contributed by atoms with E-state index < -0.39 is 29.9 Å². The van der Waals surface area contributed by atoms with Crippen molar-refractivity contribution in [3.05, 3.63) is 51.5 Å². The Bertz CT molecular complexity index is 998. The molecule has 10 heteroatoms. The lowest BCUT2D eigenvalue weighted by Crippen LogP contribution is -2.33. The number of esters is 1. The average Bonchev–Trinajstić information content (AvgIpc) is 2.71. The van der Waals surface area contributed by atoms with Gasteiger partial charge in [-0.2, -0.15) is 0 Å². The van der Waals surface area contributed by atoms with E-state index in [1.807, 2.05) is 0 Å². The number of benzene rings is 2. The van der Waals surface area contributed by atoms with Crippen molar-refractivity contribution in [1.29, 1.82) is 0 Å². The Hall–Kier alpha value is -2.72. The lowest BCUT2D eigenvalue weighted by Gasteiger charge is -2.27. The maximum absolute atomic E-state index is 14.1. The predicted octanol–water partition coefficient (Wildman–Crippen LogP) is 3.90. The molecule has 1 saturated heterocycles. The first-order valence-electron chi connectivity index (χ1n) is 9.41. The summed E-state index contributed by atoms with van der Waals surface area (Å²) in [6.07, 6.45) is 0.496. The van der Waals surface area contributed by atoms with E-state index in [1.54, 1.807) is 0 Å². The number of amides is 1. The number of ether oxygens (including phenoxy) is 3. The van der Waals surface area contributed by atoms with Crippen LogP contribution in [-0.4, -0.2) is 45.4 Å². The third-order valence-corrected chi connectivity index (χ3v) is 5.37. The number of halogens is 3. The number of anilines is 2. The predicted molar refractivity (Wildman–Crippen MR) is 114 cm³/mol.